The Morgan fingerprint density at radius 2 is 1.71 bits per heavy atom. The number of rotatable bonds is 11. The van der Waals surface area contributed by atoms with Crippen LogP contribution in [0.3, 0.4) is 0 Å². The van der Waals surface area contributed by atoms with Gasteiger partial charge in [-0.25, -0.2) is 5.43 Å². The highest BCUT2D eigenvalue weighted by Gasteiger charge is 2.17. The zero-order chi connectivity index (χ0) is 29.4. The van der Waals surface area contributed by atoms with E-state index in [-0.39, 0.29) is 17.8 Å². The second-order valence-electron chi connectivity index (χ2n) is 8.34. The smallest absolute Gasteiger partial charge is 0.490 e. The number of nitro groups is 1. The third-order valence-corrected chi connectivity index (χ3v) is 5.77. The molecular formula is C27H25N7O7. The summed E-state index contributed by atoms with van der Waals surface area (Å²) in [5.74, 6) is -0.0998. The van der Waals surface area contributed by atoms with Crippen molar-refractivity contribution in [2.45, 2.75) is 6.54 Å². The van der Waals surface area contributed by atoms with Gasteiger partial charge < -0.3 is 29.6 Å². The van der Waals surface area contributed by atoms with Crippen molar-refractivity contribution < 1.29 is 28.7 Å². The molecule has 14 heteroatoms. The van der Waals surface area contributed by atoms with Crippen molar-refractivity contribution in [3.8, 4) is 17.2 Å². The molecule has 41 heavy (non-hydrogen) atoms. The Bertz CT molecular complexity index is 1620. The summed E-state index contributed by atoms with van der Waals surface area (Å²) in [4.78, 5) is 39.6. The van der Waals surface area contributed by atoms with Gasteiger partial charge in [-0.3, -0.25) is 9.59 Å². The molecule has 0 saturated carbocycles. The van der Waals surface area contributed by atoms with E-state index in [1.54, 1.807) is 54.6 Å². The Kier molecular flexibility index (Phi) is 8.84. The van der Waals surface area contributed by atoms with Crippen LogP contribution in [0.4, 0.5) is 11.6 Å². The van der Waals surface area contributed by atoms with Gasteiger partial charge in [0.15, 0.2) is 11.5 Å². The first-order valence-electron chi connectivity index (χ1n) is 12.0. The number of nitrogens with one attached hydrogen (secondary N) is 2. The molecule has 1 heterocycles. The first-order chi connectivity index (χ1) is 19.8. The fourth-order valence-electron chi connectivity index (χ4n) is 3.81. The maximum atomic E-state index is 12.9. The van der Waals surface area contributed by atoms with Gasteiger partial charge in [0, 0.05) is 16.2 Å². The van der Waals surface area contributed by atoms with Crippen molar-refractivity contribution in [2.75, 3.05) is 26.6 Å². The average Bonchev–Trinajstić information content (AvgIpc) is 3.46. The molecule has 0 fully saturated rings. The summed E-state index contributed by atoms with van der Waals surface area (Å²) in [7, 11) is 4.46. The normalized spacial score (nSPS) is 10.7. The number of hydrazone groups is 1. The average molecular weight is 560 g/mol. The Hall–Kier alpha value is -5.79. The van der Waals surface area contributed by atoms with E-state index >= 15 is 0 Å². The van der Waals surface area contributed by atoms with Crippen molar-refractivity contribution in [3.63, 3.8) is 0 Å². The lowest BCUT2D eigenvalue weighted by molar-refractivity contribution is -0.394. The number of aromatic nitrogens is 3. The molecule has 0 atom stereocenters. The Labute approximate surface area is 233 Å². The first-order valence-corrected chi connectivity index (χ1v) is 12.0. The van der Waals surface area contributed by atoms with Crippen LogP contribution in [-0.4, -0.2) is 59.0 Å². The van der Waals surface area contributed by atoms with Crippen molar-refractivity contribution in [2.24, 2.45) is 5.10 Å². The summed E-state index contributed by atoms with van der Waals surface area (Å²) in [6, 6.07) is 16.4. The van der Waals surface area contributed by atoms with Crippen molar-refractivity contribution in [1.82, 2.24) is 20.2 Å². The quantitative estimate of drug-likeness (QED) is 0.159. The molecule has 14 nitrogen and oxygen atoms in total. The number of methoxy groups -OCH3 is 3. The van der Waals surface area contributed by atoms with Gasteiger partial charge in [0.05, 0.1) is 45.3 Å². The van der Waals surface area contributed by atoms with E-state index in [4.69, 9.17) is 14.2 Å². The summed E-state index contributed by atoms with van der Waals surface area (Å²) < 4.78 is 17.1. The lowest BCUT2D eigenvalue weighted by atomic mass is 10.1. The van der Waals surface area contributed by atoms with Gasteiger partial charge in [0.25, 0.3) is 11.8 Å². The molecule has 0 spiro atoms. The lowest BCUT2D eigenvalue weighted by Crippen LogP contribution is -2.21. The lowest BCUT2D eigenvalue weighted by Gasteiger charge is -2.12. The standard InChI is InChI=1S/C27H25N7O7/c1-39-22-10-8-17(12-19(22)15-33-16-28-27(32-33)34(37)38)14-29-31-26(36)20-6-4-5-7-21(20)30-25(35)18-9-11-23(40-2)24(13-18)41-3/h4-14,16H,15H2,1-3H3,(H,30,35)(H,31,36)/b29-14+. The van der Waals surface area contributed by atoms with E-state index in [1.807, 2.05) is 0 Å². The van der Waals surface area contributed by atoms with Crippen LogP contribution in [-0.2, 0) is 6.54 Å². The maximum absolute atomic E-state index is 12.9. The summed E-state index contributed by atoms with van der Waals surface area (Å²) in [6.45, 7) is 0.158. The summed E-state index contributed by atoms with van der Waals surface area (Å²) in [5.41, 5.74) is 4.52. The zero-order valence-corrected chi connectivity index (χ0v) is 22.2. The fourth-order valence-corrected chi connectivity index (χ4v) is 3.81. The molecule has 0 unspecified atom stereocenters. The number of nitrogens with zero attached hydrogens (tertiary/aromatic N) is 5. The highest BCUT2D eigenvalue weighted by Crippen LogP contribution is 2.28. The van der Waals surface area contributed by atoms with Crippen LogP contribution in [0.15, 0.2) is 72.1 Å². The molecule has 210 valence electrons. The van der Waals surface area contributed by atoms with Crippen LogP contribution < -0.4 is 25.0 Å². The monoisotopic (exact) mass is 559 g/mol. The van der Waals surface area contributed by atoms with Crippen LogP contribution in [0.5, 0.6) is 17.2 Å². The number of para-hydroxylation sites is 1. The van der Waals surface area contributed by atoms with E-state index in [9.17, 15) is 19.7 Å². The SMILES string of the molecule is COc1ccc(/C=N/NC(=O)c2ccccc2NC(=O)c2ccc(OC)c(OC)c2)cc1Cn1cnc([N+](=O)[O-])n1. The van der Waals surface area contributed by atoms with Crippen LogP contribution in [0.1, 0.15) is 31.8 Å². The van der Waals surface area contributed by atoms with Gasteiger partial charge in [0.2, 0.25) is 6.33 Å². The highest BCUT2D eigenvalue weighted by molar-refractivity contribution is 6.09. The van der Waals surface area contributed by atoms with Gasteiger partial charge in [-0.1, -0.05) is 17.1 Å². The summed E-state index contributed by atoms with van der Waals surface area (Å²) in [5, 5.41) is 21.5. The van der Waals surface area contributed by atoms with Gasteiger partial charge in [-0.05, 0) is 59.0 Å². The summed E-state index contributed by atoms with van der Waals surface area (Å²) >= 11 is 0. The van der Waals surface area contributed by atoms with E-state index in [0.29, 0.717) is 33.9 Å². The molecule has 0 aliphatic heterocycles. The molecule has 4 aromatic rings. The van der Waals surface area contributed by atoms with Crippen LogP contribution in [0.25, 0.3) is 0 Å². The molecule has 2 amide bonds. The molecule has 0 aliphatic rings. The molecule has 0 saturated heterocycles. The number of ether oxygens (including phenoxy) is 3. The van der Waals surface area contributed by atoms with Gasteiger partial charge >= 0.3 is 5.95 Å². The van der Waals surface area contributed by atoms with Crippen LogP contribution in [0.2, 0.25) is 0 Å². The third-order valence-electron chi connectivity index (χ3n) is 5.77. The predicted octanol–water partition coefficient (Wildman–Crippen LogP) is 3.28. The second-order valence-corrected chi connectivity index (χ2v) is 8.34. The zero-order valence-electron chi connectivity index (χ0n) is 22.2. The molecule has 0 bridgehead atoms. The number of hydrogen-bond acceptors (Lipinski definition) is 10. The minimum Gasteiger partial charge on any atom is -0.496 e. The minimum atomic E-state index is -0.681. The van der Waals surface area contributed by atoms with Gasteiger partial charge in [0.1, 0.15) is 5.75 Å². The Morgan fingerprint density at radius 1 is 0.976 bits per heavy atom. The van der Waals surface area contributed by atoms with Gasteiger partial charge in [-0.2, -0.15) is 9.78 Å². The Morgan fingerprint density at radius 3 is 2.41 bits per heavy atom. The second kappa shape index (κ2) is 12.8. The van der Waals surface area contributed by atoms with E-state index in [2.05, 4.69) is 25.9 Å². The van der Waals surface area contributed by atoms with Crippen molar-refractivity contribution in [1.29, 1.82) is 0 Å². The van der Waals surface area contributed by atoms with Crippen LogP contribution >= 0.6 is 0 Å². The van der Waals surface area contributed by atoms with Gasteiger partial charge in [-0.15, -0.1) is 0 Å². The van der Waals surface area contributed by atoms with Crippen molar-refractivity contribution >= 4 is 29.7 Å². The number of carbonyl (C=O) groups excluding carboxylic acids is 2. The maximum Gasteiger partial charge on any atom is 0.490 e. The number of anilines is 1. The molecule has 0 aliphatic carbocycles. The summed E-state index contributed by atoms with van der Waals surface area (Å²) in [6.07, 6.45) is 2.68. The third kappa shape index (κ3) is 6.81. The largest absolute Gasteiger partial charge is 0.496 e. The number of carbonyl (C=O) groups is 2. The van der Waals surface area contributed by atoms with E-state index in [0.717, 1.165) is 0 Å². The number of amides is 2. The number of hydrogen-bond donors (Lipinski definition) is 2. The molecule has 0 radical (unpaired) electrons. The molecule has 1 aromatic heterocycles. The topological polar surface area (TPSA) is 172 Å². The van der Waals surface area contributed by atoms with Crippen molar-refractivity contribution in [3.05, 3.63) is 99.4 Å². The van der Waals surface area contributed by atoms with E-state index < -0.39 is 22.7 Å². The van der Waals surface area contributed by atoms with Crippen LogP contribution in [0, 0.1) is 10.1 Å². The fraction of sp³-hybridized carbons (Fsp3) is 0.148. The first kappa shape index (κ1) is 28.2. The molecule has 4 rings (SSSR count). The Balaban J connectivity index is 1.46. The number of benzene rings is 3. The highest BCUT2D eigenvalue weighted by atomic mass is 16.6. The molecule has 2 N–H and O–H groups in total. The molecule has 3 aromatic carbocycles. The molecular weight excluding hydrogens is 534 g/mol. The van der Waals surface area contributed by atoms with E-state index in [1.165, 1.54) is 44.6 Å². The predicted molar refractivity (Wildman–Crippen MR) is 148 cm³/mol. The minimum absolute atomic E-state index is 0.158.